The van der Waals surface area contributed by atoms with Crippen LogP contribution in [-0.2, 0) is 0 Å². The smallest absolute Gasteiger partial charge is 0.247 e. The van der Waals surface area contributed by atoms with E-state index in [1.807, 2.05) is 30.3 Å². The van der Waals surface area contributed by atoms with Crippen molar-refractivity contribution < 1.29 is 0 Å². The number of benzene rings is 1. The Labute approximate surface area is 113 Å². The molecule has 1 saturated carbocycles. The summed E-state index contributed by atoms with van der Waals surface area (Å²) >= 11 is 0. The molecule has 5 nitrogen and oxygen atoms in total. The molecule has 3 rings (SSSR count). The fraction of sp³-hybridized carbons (Fsp3) is 0.500. The Kier molecular flexibility index (Phi) is 3.19. The van der Waals surface area contributed by atoms with Crippen LogP contribution in [0.5, 0.6) is 0 Å². The molecule has 1 aliphatic rings. The van der Waals surface area contributed by atoms with Crippen molar-refractivity contribution in [3.05, 3.63) is 30.3 Å². The first-order valence-electron chi connectivity index (χ1n) is 6.91. The molecule has 1 aliphatic carbocycles. The highest BCUT2D eigenvalue weighted by Gasteiger charge is 2.41. The summed E-state index contributed by atoms with van der Waals surface area (Å²) in [4.78, 5) is 0. The lowest BCUT2D eigenvalue weighted by Crippen LogP contribution is -2.17. The van der Waals surface area contributed by atoms with E-state index in [-0.39, 0.29) is 0 Å². The summed E-state index contributed by atoms with van der Waals surface area (Å²) in [6, 6.07) is 9.96. The standard InChI is InChI=1S/C14H19N5/c1-2-8-14(9-10-14)11-15-13-16-17-18-19(13)12-6-4-3-5-7-12/h3-7H,2,8-11H2,1H3,(H,15,16,18). The molecule has 0 atom stereocenters. The Morgan fingerprint density at radius 1 is 1.26 bits per heavy atom. The van der Waals surface area contributed by atoms with E-state index in [2.05, 4.69) is 27.8 Å². The quantitative estimate of drug-likeness (QED) is 0.864. The highest BCUT2D eigenvalue weighted by molar-refractivity contribution is 5.38. The van der Waals surface area contributed by atoms with E-state index in [1.54, 1.807) is 4.68 Å². The number of rotatable bonds is 6. The molecule has 1 N–H and O–H groups in total. The van der Waals surface area contributed by atoms with Crippen molar-refractivity contribution in [3.63, 3.8) is 0 Å². The van der Waals surface area contributed by atoms with Crippen LogP contribution in [0.15, 0.2) is 30.3 Å². The number of nitrogens with one attached hydrogen (secondary N) is 1. The Balaban J connectivity index is 1.71. The minimum atomic E-state index is 0.488. The van der Waals surface area contributed by atoms with E-state index >= 15 is 0 Å². The zero-order valence-corrected chi connectivity index (χ0v) is 11.2. The lowest BCUT2D eigenvalue weighted by atomic mass is 10.0. The van der Waals surface area contributed by atoms with E-state index in [0.29, 0.717) is 5.41 Å². The molecule has 0 unspecified atom stereocenters. The minimum Gasteiger partial charge on any atom is -0.352 e. The van der Waals surface area contributed by atoms with Crippen molar-refractivity contribution in [1.82, 2.24) is 20.2 Å². The maximum atomic E-state index is 4.07. The summed E-state index contributed by atoms with van der Waals surface area (Å²) in [5.41, 5.74) is 1.47. The Morgan fingerprint density at radius 2 is 2.05 bits per heavy atom. The highest BCUT2D eigenvalue weighted by atomic mass is 15.6. The molecule has 0 bridgehead atoms. The fourth-order valence-electron chi connectivity index (χ4n) is 2.53. The van der Waals surface area contributed by atoms with Gasteiger partial charge in [0.25, 0.3) is 0 Å². The van der Waals surface area contributed by atoms with Gasteiger partial charge in [-0.1, -0.05) is 36.6 Å². The van der Waals surface area contributed by atoms with E-state index in [9.17, 15) is 0 Å². The summed E-state index contributed by atoms with van der Waals surface area (Å²) in [6.07, 6.45) is 5.17. The molecule has 100 valence electrons. The van der Waals surface area contributed by atoms with Crippen molar-refractivity contribution >= 4 is 5.95 Å². The van der Waals surface area contributed by atoms with Crippen LogP contribution in [-0.4, -0.2) is 26.8 Å². The number of para-hydroxylation sites is 1. The van der Waals surface area contributed by atoms with Crippen molar-refractivity contribution in [2.45, 2.75) is 32.6 Å². The Bertz CT molecular complexity index is 530. The molecule has 0 radical (unpaired) electrons. The third-order valence-corrected chi connectivity index (χ3v) is 3.83. The van der Waals surface area contributed by atoms with Crippen molar-refractivity contribution in [3.8, 4) is 5.69 Å². The number of nitrogens with zero attached hydrogens (tertiary/aromatic N) is 4. The first kappa shape index (κ1) is 12.1. The monoisotopic (exact) mass is 257 g/mol. The summed E-state index contributed by atoms with van der Waals surface area (Å²) < 4.78 is 1.75. The second kappa shape index (κ2) is 4.99. The molecule has 1 fully saturated rings. The van der Waals surface area contributed by atoms with E-state index in [4.69, 9.17) is 0 Å². The summed E-state index contributed by atoms with van der Waals surface area (Å²) in [5, 5.41) is 15.3. The molecule has 0 amide bonds. The molecular formula is C14H19N5. The average molecular weight is 257 g/mol. The zero-order valence-electron chi connectivity index (χ0n) is 11.2. The van der Waals surface area contributed by atoms with Gasteiger partial charge in [0.1, 0.15) is 0 Å². The van der Waals surface area contributed by atoms with Gasteiger partial charge in [-0.15, -0.1) is 0 Å². The van der Waals surface area contributed by atoms with Gasteiger partial charge in [-0.2, -0.15) is 4.68 Å². The zero-order chi connectivity index (χ0) is 13.1. The molecule has 19 heavy (non-hydrogen) atoms. The molecule has 1 aromatic carbocycles. The predicted molar refractivity (Wildman–Crippen MR) is 74.2 cm³/mol. The maximum absolute atomic E-state index is 4.07. The van der Waals surface area contributed by atoms with Gasteiger partial charge in [-0.25, -0.2) is 0 Å². The third-order valence-electron chi connectivity index (χ3n) is 3.83. The molecular weight excluding hydrogens is 238 g/mol. The number of aromatic nitrogens is 4. The van der Waals surface area contributed by atoms with Crippen LogP contribution >= 0.6 is 0 Å². The lowest BCUT2D eigenvalue weighted by Gasteiger charge is -2.15. The molecule has 0 spiro atoms. The number of hydrogen-bond donors (Lipinski definition) is 1. The first-order valence-corrected chi connectivity index (χ1v) is 6.91. The van der Waals surface area contributed by atoms with Crippen LogP contribution in [0.1, 0.15) is 32.6 Å². The number of anilines is 1. The van der Waals surface area contributed by atoms with Crippen LogP contribution in [0.2, 0.25) is 0 Å². The Morgan fingerprint density at radius 3 is 2.74 bits per heavy atom. The first-order chi connectivity index (χ1) is 9.33. The topological polar surface area (TPSA) is 55.6 Å². The second-order valence-corrected chi connectivity index (χ2v) is 5.35. The SMILES string of the molecule is CCCC1(CNc2nnnn2-c2ccccc2)CC1. The van der Waals surface area contributed by atoms with Gasteiger partial charge in [0.15, 0.2) is 0 Å². The average Bonchev–Trinajstić information content (AvgIpc) is 3.05. The number of tetrazole rings is 1. The van der Waals surface area contributed by atoms with Gasteiger partial charge < -0.3 is 5.32 Å². The van der Waals surface area contributed by atoms with Crippen molar-refractivity contribution in [2.75, 3.05) is 11.9 Å². The van der Waals surface area contributed by atoms with Gasteiger partial charge in [0.2, 0.25) is 5.95 Å². The Hall–Kier alpha value is -1.91. The van der Waals surface area contributed by atoms with Crippen LogP contribution in [0, 0.1) is 5.41 Å². The van der Waals surface area contributed by atoms with Gasteiger partial charge >= 0.3 is 0 Å². The van der Waals surface area contributed by atoms with Crippen LogP contribution in [0.25, 0.3) is 5.69 Å². The molecule has 0 saturated heterocycles. The summed E-state index contributed by atoms with van der Waals surface area (Å²) in [6.45, 7) is 3.21. The minimum absolute atomic E-state index is 0.488. The normalized spacial score (nSPS) is 16.3. The molecule has 2 aromatic rings. The maximum Gasteiger partial charge on any atom is 0.247 e. The predicted octanol–water partition coefficient (Wildman–Crippen LogP) is 2.65. The third kappa shape index (κ3) is 2.59. The fourth-order valence-corrected chi connectivity index (χ4v) is 2.53. The second-order valence-electron chi connectivity index (χ2n) is 5.35. The van der Waals surface area contributed by atoms with Gasteiger partial charge in [-0.05, 0) is 47.2 Å². The van der Waals surface area contributed by atoms with Crippen LogP contribution in [0.3, 0.4) is 0 Å². The van der Waals surface area contributed by atoms with Gasteiger partial charge in [-0.3, -0.25) is 0 Å². The largest absolute Gasteiger partial charge is 0.352 e. The van der Waals surface area contributed by atoms with Crippen molar-refractivity contribution in [2.24, 2.45) is 5.41 Å². The summed E-state index contributed by atoms with van der Waals surface area (Å²) in [5.74, 6) is 0.730. The molecule has 5 heteroatoms. The van der Waals surface area contributed by atoms with Crippen LogP contribution in [0.4, 0.5) is 5.95 Å². The molecule has 1 aromatic heterocycles. The molecule has 0 aliphatic heterocycles. The van der Waals surface area contributed by atoms with Gasteiger partial charge in [0, 0.05) is 6.54 Å². The summed E-state index contributed by atoms with van der Waals surface area (Å²) in [7, 11) is 0. The highest BCUT2D eigenvalue weighted by Crippen LogP contribution is 2.49. The van der Waals surface area contributed by atoms with E-state index in [1.165, 1.54) is 25.7 Å². The number of hydrogen-bond acceptors (Lipinski definition) is 4. The van der Waals surface area contributed by atoms with E-state index in [0.717, 1.165) is 18.2 Å². The van der Waals surface area contributed by atoms with E-state index < -0.39 is 0 Å². The van der Waals surface area contributed by atoms with Crippen LogP contribution < -0.4 is 5.32 Å². The molecule has 1 heterocycles. The lowest BCUT2D eigenvalue weighted by molar-refractivity contribution is 0.484. The van der Waals surface area contributed by atoms with Gasteiger partial charge in [0.05, 0.1) is 5.69 Å². The van der Waals surface area contributed by atoms with Crippen molar-refractivity contribution in [1.29, 1.82) is 0 Å².